The fraction of sp³-hybridized carbons (Fsp3) is 0.143. The van der Waals surface area contributed by atoms with Crippen molar-refractivity contribution in [3.8, 4) is 0 Å². The minimum Gasteiger partial charge on any atom is -0.390 e. The summed E-state index contributed by atoms with van der Waals surface area (Å²) in [6.07, 6.45) is 8.60. The Bertz CT molecular complexity index is 270. The number of nitrogens with one attached hydrogen (secondary N) is 2. The highest BCUT2D eigenvalue weighted by atomic mass is 127. The molecule has 70 valence electrons. The molecule has 1 atom stereocenters. The molecule has 0 aliphatic carbocycles. The Morgan fingerprint density at radius 1 is 1.69 bits per heavy atom. The fourth-order valence-corrected chi connectivity index (χ4v) is 1.30. The van der Waals surface area contributed by atoms with Gasteiger partial charge in [0.1, 0.15) is 6.17 Å². The summed E-state index contributed by atoms with van der Waals surface area (Å²) >= 11 is 2.00. The van der Waals surface area contributed by atoms with E-state index in [2.05, 4.69) is 10.3 Å². The van der Waals surface area contributed by atoms with Crippen molar-refractivity contribution >= 4 is 35.2 Å². The molecule has 0 aromatic carbocycles. The molecule has 0 saturated heterocycles. The third kappa shape index (κ3) is 2.72. The monoisotopic (exact) mass is 291 g/mol. The van der Waals surface area contributed by atoms with Crippen LogP contribution in [-0.4, -0.2) is 21.6 Å². The van der Waals surface area contributed by atoms with Gasteiger partial charge in [0, 0.05) is 0 Å². The molecule has 0 saturated carbocycles. The van der Waals surface area contributed by atoms with Crippen molar-refractivity contribution in [2.45, 2.75) is 6.17 Å². The molecule has 1 aliphatic heterocycles. The molecular weight excluding hydrogens is 281 g/mol. The SMILES string of the molecule is N=C(/N=C\N)N(I)C1C=CC=CN1. The first kappa shape index (κ1) is 10.0. The van der Waals surface area contributed by atoms with E-state index >= 15 is 0 Å². The molecule has 0 fully saturated rings. The summed E-state index contributed by atoms with van der Waals surface area (Å²) in [5.74, 6) is 0.112. The normalized spacial score (nSPS) is 20.2. The summed E-state index contributed by atoms with van der Waals surface area (Å²) < 4.78 is 1.64. The van der Waals surface area contributed by atoms with Crippen molar-refractivity contribution in [1.82, 2.24) is 8.43 Å². The lowest BCUT2D eigenvalue weighted by Crippen LogP contribution is -2.39. The van der Waals surface area contributed by atoms with E-state index in [1.807, 2.05) is 47.3 Å². The standard InChI is InChI=1S/C7H10IN5/c8-13(7(10)12-5-9)6-3-1-2-4-11-6/h1-6,11H,(H3,9,10,12). The van der Waals surface area contributed by atoms with Gasteiger partial charge in [-0.1, -0.05) is 6.08 Å². The first-order valence-electron chi connectivity index (χ1n) is 3.63. The molecule has 6 heteroatoms. The molecule has 1 rings (SSSR count). The number of aliphatic imine (C=N–C) groups is 1. The van der Waals surface area contributed by atoms with Gasteiger partial charge < -0.3 is 11.1 Å². The zero-order valence-electron chi connectivity index (χ0n) is 6.81. The Hall–Kier alpha value is -1.05. The lowest BCUT2D eigenvalue weighted by molar-refractivity contribution is 0.531. The number of guanidine groups is 1. The number of nitrogens with two attached hydrogens (primary N) is 1. The Labute approximate surface area is 90.4 Å². The van der Waals surface area contributed by atoms with E-state index in [1.54, 1.807) is 3.11 Å². The Kier molecular flexibility index (Phi) is 3.74. The molecule has 0 spiro atoms. The predicted octanol–water partition coefficient (Wildman–Crippen LogP) is 0.559. The van der Waals surface area contributed by atoms with Crippen LogP contribution < -0.4 is 11.1 Å². The van der Waals surface area contributed by atoms with Gasteiger partial charge in [-0.3, -0.25) is 8.52 Å². The Morgan fingerprint density at radius 3 is 3.00 bits per heavy atom. The summed E-state index contributed by atoms with van der Waals surface area (Å²) in [7, 11) is 0. The Morgan fingerprint density at radius 2 is 2.46 bits per heavy atom. The minimum atomic E-state index is -0.0400. The van der Waals surface area contributed by atoms with Crippen molar-refractivity contribution in [2.75, 3.05) is 0 Å². The van der Waals surface area contributed by atoms with Crippen LogP contribution in [0, 0.1) is 5.41 Å². The number of hydrogen-bond acceptors (Lipinski definition) is 2. The maximum absolute atomic E-state index is 7.47. The lowest BCUT2D eigenvalue weighted by atomic mass is 10.3. The molecule has 0 aromatic heterocycles. The molecule has 13 heavy (non-hydrogen) atoms. The second-order valence-corrected chi connectivity index (χ2v) is 3.31. The average Bonchev–Trinajstić information content (AvgIpc) is 2.18. The molecule has 0 bridgehead atoms. The van der Waals surface area contributed by atoms with E-state index in [0.717, 1.165) is 6.34 Å². The highest BCUT2D eigenvalue weighted by Gasteiger charge is 2.14. The number of hydrogen-bond donors (Lipinski definition) is 3. The molecule has 1 heterocycles. The fourth-order valence-electron chi connectivity index (χ4n) is 0.833. The lowest BCUT2D eigenvalue weighted by Gasteiger charge is -2.24. The van der Waals surface area contributed by atoms with E-state index < -0.39 is 0 Å². The summed E-state index contributed by atoms with van der Waals surface area (Å²) in [5, 5.41) is 10.5. The van der Waals surface area contributed by atoms with E-state index in [4.69, 9.17) is 11.1 Å². The first-order chi connectivity index (χ1) is 6.25. The first-order valence-corrected chi connectivity index (χ1v) is 4.59. The summed E-state index contributed by atoms with van der Waals surface area (Å²) in [4.78, 5) is 3.66. The highest BCUT2D eigenvalue weighted by molar-refractivity contribution is 14.1. The van der Waals surface area contributed by atoms with Crippen LogP contribution in [0.1, 0.15) is 0 Å². The number of halogens is 1. The molecule has 5 nitrogen and oxygen atoms in total. The van der Waals surface area contributed by atoms with Crippen LogP contribution in [0.4, 0.5) is 0 Å². The number of nitrogens with zero attached hydrogens (tertiary/aromatic N) is 2. The van der Waals surface area contributed by atoms with Gasteiger partial charge in [0.15, 0.2) is 0 Å². The van der Waals surface area contributed by atoms with E-state index in [9.17, 15) is 0 Å². The quantitative estimate of drug-likeness (QED) is 0.286. The predicted molar refractivity (Wildman–Crippen MR) is 61.5 cm³/mol. The third-order valence-corrected chi connectivity index (χ3v) is 2.47. The van der Waals surface area contributed by atoms with Crippen molar-refractivity contribution in [1.29, 1.82) is 5.41 Å². The van der Waals surface area contributed by atoms with Gasteiger partial charge in [-0.05, 0) is 18.4 Å². The molecule has 1 unspecified atom stereocenters. The van der Waals surface area contributed by atoms with Crippen LogP contribution in [0.3, 0.4) is 0 Å². The second kappa shape index (κ2) is 4.85. The average molecular weight is 291 g/mol. The zero-order chi connectivity index (χ0) is 9.68. The number of dihydropyridines is 1. The van der Waals surface area contributed by atoms with Crippen LogP contribution in [-0.2, 0) is 0 Å². The van der Waals surface area contributed by atoms with Gasteiger partial charge in [0.2, 0.25) is 5.96 Å². The summed E-state index contributed by atoms with van der Waals surface area (Å²) in [6, 6.07) is 0. The molecule has 0 radical (unpaired) electrons. The smallest absolute Gasteiger partial charge is 0.230 e. The minimum absolute atomic E-state index is 0.0400. The van der Waals surface area contributed by atoms with Gasteiger partial charge in [0.25, 0.3) is 0 Å². The second-order valence-electron chi connectivity index (χ2n) is 2.27. The van der Waals surface area contributed by atoms with E-state index in [-0.39, 0.29) is 12.1 Å². The van der Waals surface area contributed by atoms with E-state index in [0.29, 0.717) is 0 Å². The zero-order valence-corrected chi connectivity index (χ0v) is 8.97. The van der Waals surface area contributed by atoms with Crippen molar-refractivity contribution in [3.63, 3.8) is 0 Å². The topological polar surface area (TPSA) is 77.5 Å². The van der Waals surface area contributed by atoms with Crippen molar-refractivity contribution in [2.24, 2.45) is 10.7 Å². The van der Waals surface area contributed by atoms with Gasteiger partial charge in [-0.25, -0.2) is 4.99 Å². The number of rotatable bonds is 1. The van der Waals surface area contributed by atoms with Crippen molar-refractivity contribution in [3.05, 3.63) is 24.4 Å². The Balaban J connectivity index is 2.57. The summed E-state index contributed by atoms with van der Waals surface area (Å²) in [6.45, 7) is 0. The van der Waals surface area contributed by atoms with Gasteiger partial charge in [0.05, 0.1) is 29.2 Å². The molecule has 1 aliphatic rings. The van der Waals surface area contributed by atoms with Crippen LogP contribution in [0.25, 0.3) is 0 Å². The third-order valence-electron chi connectivity index (χ3n) is 1.41. The van der Waals surface area contributed by atoms with Crippen LogP contribution in [0.5, 0.6) is 0 Å². The highest BCUT2D eigenvalue weighted by Crippen LogP contribution is 2.09. The largest absolute Gasteiger partial charge is 0.390 e. The molecule has 0 amide bonds. The van der Waals surface area contributed by atoms with Crippen molar-refractivity contribution < 1.29 is 0 Å². The van der Waals surface area contributed by atoms with Crippen LogP contribution in [0.15, 0.2) is 29.4 Å². The van der Waals surface area contributed by atoms with Gasteiger partial charge in [-0.2, -0.15) is 0 Å². The molecule has 4 N–H and O–H groups in total. The van der Waals surface area contributed by atoms with Crippen LogP contribution in [0.2, 0.25) is 0 Å². The molecule has 0 aromatic rings. The van der Waals surface area contributed by atoms with Crippen LogP contribution >= 0.6 is 22.9 Å². The maximum Gasteiger partial charge on any atom is 0.230 e. The molecular formula is C7H10IN5. The van der Waals surface area contributed by atoms with E-state index in [1.165, 1.54) is 0 Å². The summed E-state index contributed by atoms with van der Waals surface area (Å²) in [5.41, 5.74) is 5.08. The maximum atomic E-state index is 7.47. The number of allylic oxidation sites excluding steroid dienone is 2. The van der Waals surface area contributed by atoms with Gasteiger partial charge >= 0.3 is 0 Å². The van der Waals surface area contributed by atoms with Gasteiger partial charge in [-0.15, -0.1) is 0 Å².